The Hall–Kier alpha value is -2.99. The molecule has 0 radical (unpaired) electrons. The maximum Gasteiger partial charge on any atom is 0.255 e. The number of rotatable bonds is 4. The van der Waals surface area contributed by atoms with Crippen molar-refractivity contribution in [3.63, 3.8) is 0 Å². The van der Waals surface area contributed by atoms with Crippen LogP contribution in [0.15, 0.2) is 60.7 Å². The summed E-state index contributed by atoms with van der Waals surface area (Å²) in [6.07, 6.45) is 7.53. The number of thiocarbonyl (C=S) groups is 1. The Balaban J connectivity index is 1.62. The molecule has 2 aromatic carbocycles. The Morgan fingerprint density at radius 1 is 0.897 bits per heavy atom. The smallest absolute Gasteiger partial charge is 0.255 e. The lowest BCUT2D eigenvalue weighted by atomic mass is 10.1. The average molecular weight is 408 g/mol. The molecule has 0 saturated carbocycles. The lowest BCUT2D eigenvalue weighted by Gasteiger charge is -2.22. The maximum absolute atomic E-state index is 13.0. The summed E-state index contributed by atoms with van der Waals surface area (Å²) < 4.78 is 0. The van der Waals surface area contributed by atoms with E-state index >= 15 is 0 Å². The topological polar surface area (TPSA) is 61.4 Å². The molecule has 6 heteroatoms. The fraction of sp³-hybridized carbons (Fsp3) is 0.261. The van der Waals surface area contributed by atoms with Crippen LogP contribution in [0.25, 0.3) is 6.08 Å². The second-order valence-corrected chi connectivity index (χ2v) is 7.35. The molecule has 1 aliphatic heterocycles. The van der Waals surface area contributed by atoms with Crippen LogP contribution in [-0.4, -0.2) is 34.9 Å². The number of hydrogen-bond acceptors (Lipinski definition) is 3. The summed E-state index contributed by atoms with van der Waals surface area (Å²) in [5, 5.41) is 5.77. The van der Waals surface area contributed by atoms with Crippen LogP contribution in [0, 0.1) is 0 Å². The molecule has 0 aliphatic carbocycles. The summed E-state index contributed by atoms with van der Waals surface area (Å²) in [4.78, 5) is 27.0. The molecule has 5 nitrogen and oxygen atoms in total. The van der Waals surface area contributed by atoms with E-state index in [1.165, 1.54) is 6.08 Å². The first-order valence-corrected chi connectivity index (χ1v) is 10.3. The second-order valence-electron chi connectivity index (χ2n) is 6.94. The highest BCUT2D eigenvalue weighted by Gasteiger charge is 2.20. The number of carbonyl (C=O) groups is 2. The number of likely N-dealkylation sites (tertiary alicyclic amines) is 1. The number of carbonyl (C=O) groups excluding carboxylic acids is 2. The Bertz CT molecular complexity index is 888. The number of para-hydroxylation sites is 1. The van der Waals surface area contributed by atoms with Gasteiger partial charge in [-0.05, 0) is 48.8 Å². The molecule has 150 valence electrons. The largest absolute Gasteiger partial charge is 0.339 e. The molecule has 29 heavy (non-hydrogen) atoms. The van der Waals surface area contributed by atoms with Crippen molar-refractivity contribution < 1.29 is 9.59 Å². The van der Waals surface area contributed by atoms with E-state index in [-0.39, 0.29) is 16.9 Å². The van der Waals surface area contributed by atoms with Gasteiger partial charge in [-0.2, -0.15) is 0 Å². The first-order chi connectivity index (χ1) is 14.1. The molecule has 1 saturated heterocycles. The zero-order valence-corrected chi connectivity index (χ0v) is 17.1. The third-order valence-electron chi connectivity index (χ3n) is 4.76. The average Bonchev–Trinajstić information content (AvgIpc) is 3.02. The highest BCUT2D eigenvalue weighted by molar-refractivity contribution is 7.80. The van der Waals surface area contributed by atoms with Gasteiger partial charge in [0.2, 0.25) is 5.91 Å². The van der Waals surface area contributed by atoms with Gasteiger partial charge < -0.3 is 10.2 Å². The number of benzene rings is 2. The van der Waals surface area contributed by atoms with Crippen molar-refractivity contribution in [1.29, 1.82) is 0 Å². The van der Waals surface area contributed by atoms with Crippen molar-refractivity contribution in [2.75, 3.05) is 18.4 Å². The van der Waals surface area contributed by atoms with E-state index in [0.29, 0.717) is 11.3 Å². The molecule has 3 rings (SSSR count). The van der Waals surface area contributed by atoms with E-state index in [4.69, 9.17) is 12.2 Å². The van der Waals surface area contributed by atoms with Crippen molar-refractivity contribution in [1.82, 2.24) is 10.2 Å². The molecular weight excluding hydrogens is 382 g/mol. The zero-order valence-electron chi connectivity index (χ0n) is 16.3. The number of nitrogens with zero attached hydrogens (tertiary/aromatic N) is 1. The van der Waals surface area contributed by atoms with Crippen LogP contribution in [0.2, 0.25) is 0 Å². The molecule has 0 aromatic heterocycles. The predicted molar refractivity (Wildman–Crippen MR) is 121 cm³/mol. The molecule has 2 amide bonds. The normalized spacial score (nSPS) is 14.3. The van der Waals surface area contributed by atoms with Crippen LogP contribution in [0.4, 0.5) is 5.69 Å². The Kier molecular flexibility index (Phi) is 7.53. The van der Waals surface area contributed by atoms with Crippen molar-refractivity contribution in [2.45, 2.75) is 25.7 Å². The molecule has 0 bridgehead atoms. The molecule has 2 aromatic rings. The molecule has 1 aliphatic rings. The van der Waals surface area contributed by atoms with E-state index in [1.807, 2.05) is 47.4 Å². The highest BCUT2D eigenvalue weighted by atomic mass is 32.1. The van der Waals surface area contributed by atoms with Gasteiger partial charge in [-0.15, -0.1) is 0 Å². The summed E-state index contributed by atoms with van der Waals surface area (Å²) in [5.41, 5.74) is 2.08. The van der Waals surface area contributed by atoms with Gasteiger partial charge in [0.25, 0.3) is 5.91 Å². The summed E-state index contributed by atoms with van der Waals surface area (Å²) in [6, 6.07) is 16.8. The fourth-order valence-electron chi connectivity index (χ4n) is 3.27. The highest BCUT2D eigenvalue weighted by Crippen LogP contribution is 2.20. The predicted octanol–water partition coefficient (Wildman–Crippen LogP) is 4.23. The first-order valence-electron chi connectivity index (χ1n) is 9.87. The number of amides is 2. The van der Waals surface area contributed by atoms with Gasteiger partial charge in [0.1, 0.15) is 0 Å². The summed E-state index contributed by atoms with van der Waals surface area (Å²) in [5.74, 6) is -0.337. The number of anilines is 1. The van der Waals surface area contributed by atoms with Crippen molar-refractivity contribution >= 4 is 40.9 Å². The van der Waals surface area contributed by atoms with Crippen LogP contribution in [-0.2, 0) is 4.79 Å². The fourth-order valence-corrected chi connectivity index (χ4v) is 3.48. The van der Waals surface area contributed by atoms with E-state index in [0.717, 1.165) is 44.3 Å². The van der Waals surface area contributed by atoms with Gasteiger partial charge in [-0.25, -0.2) is 0 Å². The van der Waals surface area contributed by atoms with E-state index in [9.17, 15) is 9.59 Å². The van der Waals surface area contributed by atoms with Crippen molar-refractivity contribution in [3.05, 3.63) is 71.8 Å². The SMILES string of the molecule is O=C(C=Cc1ccccc1)NC(=S)Nc1ccccc1C(=O)N1CCCCCC1. The zero-order chi connectivity index (χ0) is 20.5. The molecule has 0 unspecified atom stereocenters. The first kappa shape index (κ1) is 20.7. The summed E-state index contributed by atoms with van der Waals surface area (Å²) in [6.45, 7) is 1.55. The molecule has 1 fully saturated rings. The lowest BCUT2D eigenvalue weighted by Crippen LogP contribution is -2.35. The minimum atomic E-state index is -0.331. The molecular formula is C23H25N3O2S. The number of nitrogens with one attached hydrogen (secondary N) is 2. The lowest BCUT2D eigenvalue weighted by molar-refractivity contribution is -0.115. The Morgan fingerprint density at radius 3 is 2.28 bits per heavy atom. The van der Waals surface area contributed by atoms with E-state index in [2.05, 4.69) is 10.6 Å². The van der Waals surface area contributed by atoms with Gasteiger partial charge >= 0.3 is 0 Å². The second kappa shape index (κ2) is 10.5. The van der Waals surface area contributed by atoms with E-state index in [1.54, 1.807) is 18.2 Å². The van der Waals surface area contributed by atoms with Gasteiger partial charge in [0, 0.05) is 19.2 Å². The van der Waals surface area contributed by atoms with Crippen LogP contribution in [0.3, 0.4) is 0 Å². The van der Waals surface area contributed by atoms with Crippen LogP contribution in [0.5, 0.6) is 0 Å². The Morgan fingerprint density at radius 2 is 1.55 bits per heavy atom. The van der Waals surface area contributed by atoms with Gasteiger partial charge in [-0.3, -0.25) is 14.9 Å². The minimum absolute atomic E-state index is 0.00639. The molecule has 0 atom stereocenters. The maximum atomic E-state index is 13.0. The minimum Gasteiger partial charge on any atom is -0.339 e. The summed E-state index contributed by atoms with van der Waals surface area (Å²) in [7, 11) is 0. The third kappa shape index (κ3) is 6.26. The van der Waals surface area contributed by atoms with Crippen molar-refractivity contribution in [2.24, 2.45) is 0 Å². The molecule has 2 N–H and O–H groups in total. The molecule has 0 spiro atoms. The molecule has 1 heterocycles. The van der Waals surface area contributed by atoms with Crippen LogP contribution >= 0.6 is 12.2 Å². The van der Waals surface area contributed by atoms with Crippen molar-refractivity contribution in [3.8, 4) is 0 Å². The standard InChI is InChI=1S/C23H25N3O2S/c27-21(15-14-18-10-4-3-5-11-18)25-23(29)24-20-13-7-6-12-19(20)22(28)26-16-8-1-2-9-17-26/h3-7,10-15H,1-2,8-9,16-17H2,(H2,24,25,27,29). The monoisotopic (exact) mass is 407 g/mol. The Labute approximate surface area is 176 Å². The van der Waals surface area contributed by atoms with Gasteiger partial charge in [0.05, 0.1) is 11.3 Å². The number of hydrogen-bond donors (Lipinski definition) is 2. The van der Waals surface area contributed by atoms with E-state index < -0.39 is 0 Å². The van der Waals surface area contributed by atoms with Crippen LogP contribution in [0.1, 0.15) is 41.6 Å². The third-order valence-corrected chi connectivity index (χ3v) is 4.97. The summed E-state index contributed by atoms with van der Waals surface area (Å²) >= 11 is 5.27. The van der Waals surface area contributed by atoms with Gasteiger partial charge in [-0.1, -0.05) is 55.3 Å². The quantitative estimate of drug-likeness (QED) is 0.588. The van der Waals surface area contributed by atoms with Crippen LogP contribution < -0.4 is 10.6 Å². The van der Waals surface area contributed by atoms with Gasteiger partial charge in [0.15, 0.2) is 5.11 Å².